The normalized spacial score (nSPS) is 10.3. The fraction of sp³-hybridized carbons (Fsp3) is 0.286. The number of nitrogens with zero attached hydrogens (tertiary/aromatic N) is 2. The van der Waals surface area contributed by atoms with E-state index in [4.69, 9.17) is 19.9 Å². The van der Waals surface area contributed by atoms with Crippen molar-refractivity contribution in [3.63, 3.8) is 0 Å². The van der Waals surface area contributed by atoms with Gasteiger partial charge in [0.15, 0.2) is 17.3 Å². The van der Waals surface area contributed by atoms with Crippen LogP contribution in [-0.2, 0) is 0 Å². The Bertz CT molecular complexity index is 654. The van der Waals surface area contributed by atoms with Gasteiger partial charge in [0.1, 0.15) is 11.6 Å². The number of anilines is 1. The van der Waals surface area contributed by atoms with E-state index in [2.05, 4.69) is 25.9 Å². The van der Waals surface area contributed by atoms with E-state index in [1.807, 2.05) is 6.92 Å². The fourth-order valence-electron chi connectivity index (χ4n) is 1.91. The third-order valence-corrected chi connectivity index (χ3v) is 3.97. The second-order valence-electron chi connectivity index (χ2n) is 4.24. The topological polar surface area (TPSA) is 79.5 Å². The zero-order chi connectivity index (χ0) is 15.6. The average Bonchev–Trinajstić information content (AvgIpc) is 2.50. The maximum Gasteiger partial charge on any atom is 0.165 e. The predicted molar refractivity (Wildman–Crippen MR) is 84.0 cm³/mol. The first-order valence-electron chi connectivity index (χ1n) is 6.11. The highest BCUT2D eigenvalue weighted by Gasteiger charge is 2.17. The molecule has 21 heavy (non-hydrogen) atoms. The van der Waals surface area contributed by atoms with Gasteiger partial charge in [-0.25, -0.2) is 9.97 Å². The van der Waals surface area contributed by atoms with Crippen LogP contribution >= 0.6 is 15.9 Å². The summed E-state index contributed by atoms with van der Waals surface area (Å²) < 4.78 is 16.6. The van der Waals surface area contributed by atoms with E-state index in [0.29, 0.717) is 38.9 Å². The zero-order valence-electron chi connectivity index (χ0n) is 12.2. The summed E-state index contributed by atoms with van der Waals surface area (Å²) >= 11 is 3.35. The molecule has 0 aliphatic rings. The van der Waals surface area contributed by atoms with Crippen LogP contribution in [0.15, 0.2) is 16.6 Å². The second kappa shape index (κ2) is 6.17. The van der Waals surface area contributed by atoms with E-state index in [1.165, 1.54) is 0 Å². The van der Waals surface area contributed by atoms with Gasteiger partial charge in [-0.3, -0.25) is 0 Å². The molecule has 1 aromatic heterocycles. The third kappa shape index (κ3) is 2.87. The van der Waals surface area contributed by atoms with Crippen LogP contribution in [-0.4, -0.2) is 31.3 Å². The largest absolute Gasteiger partial charge is 0.496 e. The Morgan fingerprint density at radius 2 is 1.52 bits per heavy atom. The maximum atomic E-state index is 5.88. The maximum absolute atomic E-state index is 5.88. The minimum Gasteiger partial charge on any atom is -0.496 e. The van der Waals surface area contributed by atoms with Crippen molar-refractivity contribution < 1.29 is 14.2 Å². The summed E-state index contributed by atoms with van der Waals surface area (Å²) in [5.74, 6) is 2.55. The molecule has 0 aliphatic heterocycles. The lowest BCUT2D eigenvalue weighted by atomic mass is 10.1. The number of benzene rings is 1. The van der Waals surface area contributed by atoms with Crippen molar-refractivity contribution in [1.82, 2.24) is 9.97 Å². The van der Waals surface area contributed by atoms with E-state index in [9.17, 15) is 0 Å². The van der Waals surface area contributed by atoms with Gasteiger partial charge in [0.05, 0.1) is 37.1 Å². The molecule has 0 atom stereocenters. The van der Waals surface area contributed by atoms with Gasteiger partial charge >= 0.3 is 0 Å². The molecule has 7 heteroatoms. The van der Waals surface area contributed by atoms with E-state index >= 15 is 0 Å². The highest BCUT2D eigenvalue weighted by Crippen LogP contribution is 2.39. The van der Waals surface area contributed by atoms with Gasteiger partial charge in [-0.1, -0.05) is 0 Å². The number of rotatable bonds is 4. The molecule has 0 aliphatic carbocycles. The molecule has 0 unspecified atom stereocenters. The summed E-state index contributed by atoms with van der Waals surface area (Å²) in [5, 5.41) is 0. The van der Waals surface area contributed by atoms with E-state index in [-0.39, 0.29) is 0 Å². The van der Waals surface area contributed by atoms with Crippen LogP contribution < -0.4 is 19.9 Å². The smallest absolute Gasteiger partial charge is 0.165 e. The Kier molecular flexibility index (Phi) is 4.52. The SMILES string of the molecule is COc1cc(OC)c(-c2nc(C)c(Br)c(N)n2)cc1OC. The minimum absolute atomic E-state index is 0.370. The van der Waals surface area contributed by atoms with Crippen molar-refractivity contribution in [2.24, 2.45) is 0 Å². The lowest BCUT2D eigenvalue weighted by molar-refractivity contribution is 0.349. The van der Waals surface area contributed by atoms with Crippen LogP contribution in [0.5, 0.6) is 17.2 Å². The molecule has 2 aromatic rings. The Morgan fingerprint density at radius 3 is 2.05 bits per heavy atom. The number of hydrogen-bond donors (Lipinski definition) is 1. The molecule has 6 nitrogen and oxygen atoms in total. The number of aryl methyl sites for hydroxylation is 1. The molecule has 1 heterocycles. The van der Waals surface area contributed by atoms with Gasteiger partial charge in [-0.05, 0) is 28.9 Å². The predicted octanol–water partition coefficient (Wildman–Crippen LogP) is 2.82. The molecule has 2 N–H and O–H groups in total. The Labute approximate surface area is 131 Å². The summed E-state index contributed by atoms with van der Waals surface area (Å²) in [6.07, 6.45) is 0. The Morgan fingerprint density at radius 1 is 0.952 bits per heavy atom. The van der Waals surface area contributed by atoms with Gasteiger partial charge < -0.3 is 19.9 Å². The van der Waals surface area contributed by atoms with Crippen LogP contribution in [0.25, 0.3) is 11.4 Å². The van der Waals surface area contributed by atoms with Gasteiger partial charge in [0.2, 0.25) is 0 Å². The molecule has 112 valence electrons. The summed E-state index contributed by atoms with van der Waals surface area (Å²) in [7, 11) is 4.70. The average molecular weight is 354 g/mol. The first kappa shape index (κ1) is 15.4. The van der Waals surface area contributed by atoms with Gasteiger partial charge in [0.25, 0.3) is 0 Å². The van der Waals surface area contributed by atoms with Crippen molar-refractivity contribution in [2.75, 3.05) is 27.1 Å². The zero-order valence-corrected chi connectivity index (χ0v) is 13.8. The van der Waals surface area contributed by atoms with Crippen molar-refractivity contribution in [3.05, 3.63) is 22.3 Å². The van der Waals surface area contributed by atoms with Crippen molar-refractivity contribution in [3.8, 4) is 28.6 Å². The first-order chi connectivity index (χ1) is 10.0. The van der Waals surface area contributed by atoms with Crippen molar-refractivity contribution >= 4 is 21.7 Å². The molecule has 2 rings (SSSR count). The molecule has 0 saturated carbocycles. The van der Waals surface area contributed by atoms with E-state index in [1.54, 1.807) is 33.5 Å². The number of halogens is 1. The highest BCUT2D eigenvalue weighted by molar-refractivity contribution is 9.10. The van der Waals surface area contributed by atoms with Crippen molar-refractivity contribution in [2.45, 2.75) is 6.92 Å². The van der Waals surface area contributed by atoms with E-state index in [0.717, 1.165) is 5.69 Å². The standard InChI is InChI=1S/C14H16BrN3O3/c1-7-12(15)13(16)18-14(17-7)8-5-10(20-3)11(21-4)6-9(8)19-2/h5-6H,1-4H3,(H2,16,17,18). The monoisotopic (exact) mass is 353 g/mol. The number of methoxy groups -OCH3 is 3. The van der Waals surface area contributed by atoms with Crippen LogP contribution in [0.3, 0.4) is 0 Å². The van der Waals surface area contributed by atoms with Crippen LogP contribution in [0.4, 0.5) is 5.82 Å². The van der Waals surface area contributed by atoms with Crippen molar-refractivity contribution in [1.29, 1.82) is 0 Å². The lowest BCUT2D eigenvalue weighted by Crippen LogP contribution is -2.02. The lowest BCUT2D eigenvalue weighted by Gasteiger charge is -2.14. The number of nitrogen functional groups attached to an aromatic ring is 1. The first-order valence-corrected chi connectivity index (χ1v) is 6.91. The van der Waals surface area contributed by atoms with Gasteiger partial charge in [-0.2, -0.15) is 0 Å². The van der Waals surface area contributed by atoms with Crippen LogP contribution in [0.2, 0.25) is 0 Å². The molecule has 0 bridgehead atoms. The molecule has 0 amide bonds. The number of ether oxygens (including phenoxy) is 3. The minimum atomic E-state index is 0.370. The van der Waals surface area contributed by atoms with Gasteiger partial charge in [-0.15, -0.1) is 0 Å². The summed E-state index contributed by atoms with van der Waals surface area (Å²) in [5.41, 5.74) is 7.31. The van der Waals surface area contributed by atoms with Crippen LogP contribution in [0, 0.1) is 6.92 Å². The van der Waals surface area contributed by atoms with E-state index < -0.39 is 0 Å². The summed E-state index contributed by atoms with van der Waals surface area (Å²) in [4.78, 5) is 8.72. The summed E-state index contributed by atoms with van der Waals surface area (Å²) in [6, 6.07) is 3.49. The second-order valence-corrected chi connectivity index (χ2v) is 5.03. The Balaban J connectivity index is 2.67. The quantitative estimate of drug-likeness (QED) is 0.910. The third-order valence-electron chi connectivity index (χ3n) is 2.99. The fourth-order valence-corrected chi connectivity index (χ4v) is 2.08. The number of aromatic nitrogens is 2. The summed E-state index contributed by atoms with van der Waals surface area (Å²) in [6.45, 7) is 1.85. The Hall–Kier alpha value is -2.02. The van der Waals surface area contributed by atoms with Crippen LogP contribution in [0.1, 0.15) is 5.69 Å². The highest BCUT2D eigenvalue weighted by atomic mass is 79.9. The molecular weight excluding hydrogens is 338 g/mol. The molecule has 1 aromatic carbocycles. The molecule has 0 spiro atoms. The molecular formula is C14H16BrN3O3. The molecule has 0 radical (unpaired) electrons. The van der Waals surface area contributed by atoms with Gasteiger partial charge in [0, 0.05) is 6.07 Å². The molecule has 0 fully saturated rings. The molecule has 0 saturated heterocycles. The number of nitrogens with two attached hydrogens (primary N) is 1. The number of hydrogen-bond acceptors (Lipinski definition) is 6.